The number of nitro groups is 1. The number of hydrogen-bond donors (Lipinski definition) is 1. The van der Waals surface area contributed by atoms with Gasteiger partial charge in [0.25, 0.3) is 0 Å². The summed E-state index contributed by atoms with van der Waals surface area (Å²) in [7, 11) is 0. The second kappa shape index (κ2) is 7.64. The predicted molar refractivity (Wildman–Crippen MR) is 76.4 cm³/mol. The molecule has 1 heterocycles. The third-order valence-electron chi connectivity index (χ3n) is 3.42. The Kier molecular flexibility index (Phi) is 6.43. The maximum atomic E-state index is 12.7. The Morgan fingerprint density at radius 1 is 1.32 bits per heavy atom. The monoisotopic (exact) mass is 340 g/mol. The SMILES string of the molecule is Cl.O=[N+]([O-])c1ccc(C(F)(F)F)cc1OCC1CCNCC1. The van der Waals surface area contributed by atoms with Crippen molar-refractivity contribution in [1.82, 2.24) is 5.32 Å². The average Bonchev–Trinajstić information content (AvgIpc) is 2.45. The first-order valence-electron chi connectivity index (χ1n) is 6.57. The number of benzene rings is 1. The van der Waals surface area contributed by atoms with Crippen molar-refractivity contribution in [1.29, 1.82) is 0 Å². The molecule has 1 fully saturated rings. The number of halogens is 4. The molecule has 1 aliphatic heterocycles. The summed E-state index contributed by atoms with van der Waals surface area (Å²) in [6, 6.07) is 2.22. The van der Waals surface area contributed by atoms with Gasteiger partial charge in [-0.2, -0.15) is 13.2 Å². The fraction of sp³-hybridized carbons (Fsp3) is 0.538. The highest BCUT2D eigenvalue weighted by molar-refractivity contribution is 5.85. The Morgan fingerprint density at radius 2 is 1.95 bits per heavy atom. The largest absolute Gasteiger partial charge is 0.487 e. The molecular weight excluding hydrogens is 325 g/mol. The van der Waals surface area contributed by atoms with E-state index in [1.165, 1.54) is 0 Å². The third kappa shape index (κ3) is 4.74. The van der Waals surface area contributed by atoms with Gasteiger partial charge in [-0.05, 0) is 44.0 Å². The van der Waals surface area contributed by atoms with Gasteiger partial charge in [0.05, 0.1) is 17.1 Å². The third-order valence-corrected chi connectivity index (χ3v) is 3.42. The van der Waals surface area contributed by atoms with Crippen molar-refractivity contribution >= 4 is 18.1 Å². The molecule has 0 aromatic heterocycles. The zero-order valence-electron chi connectivity index (χ0n) is 11.6. The molecule has 0 atom stereocenters. The summed E-state index contributed by atoms with van der Waals surface area (Å²) in [6.07, 6.45) is -2.87. The molecule has 0 bridgehead atoms. The first-order chi connectivity index (χ1) is 9.88. The number of nitrogens with one attached hydrogen (secondary N) is 1. The molecule has 9 heteroatoms. The smallest absolute Gasteiger partial charge is 0.416 e. The van der Waals surface area contributed by atoms with Crippen molar-refractivity contribution in [3.05, 3.63) is 33.9 Å². The van der Waals surface area contributed by atoms with Crippen LogP contribution in [0.3, 0.4) is 0 Å². The standard InChI is InChI=1S/C13H15F3N2O3.ClH/c14-13(15,16)10-1-2-11(18(19)20)12(7-10)21-8-9-3-5-17-6-4-9;/h1-2,7,9,17H,3-6,8H2;1H. The van der Waals surface area contributed by atoms with E-state index in [1.807, 2.05) is 0 Å². The topological polar surface area (TPSA) is 64.4 Å². The van der Waals surface area contributed by atoms with Crippen molar-refractivity contribution in [3.63, 3.8) is 0 Å². The predicted octanol–water partition coefficient (Wildman–Crippen LogP) is 3.41. The quantitative estimate of drug-likeness (QED) is 0.674. The Balaban J connectivity index is 0.00000242. The molecule has 1 aromatic carbocycles. The molecule has 0 spiro atoms. The maximum Gasteiger partial charge on any atom is 0.416 e. The Morgan fingerprint density at radius 3 is 2.50 bits per heavy atom. The van der Waals surface area contributed by atoms with Crippen molar-refractivity contribution < 1.29 is 22.8 Å². The summed E-state index contributed by atoms with van der Waals surface area (Å²) < 4.78 is 43.3. The van der Waals surface area contributed by atoms with E-state index in [2.05, 4.69) is 5.32 Å². The number of rotatable bonds is 4. The lowest BCUT2D eigenvalue weighted by molar-refractivity contribution is -0.386. The second-order valence-electron chi connectivity index (χ2n) is 4.94. The van der Waals surface area contributed by atoms with Gasteiger partial charge < -0.3 is 10.1 Å². The zero-order valence-corrected chi connectivity index (χ0v) is 12.4. The summed E-state index contributed by atoms with van der Waals surface area (Å²) in [4.78, 5) is 10.1. The molecule has 1 saturated heterocycles. The number of nitrogens with zero attached hydrogens (tertiary/aromatic N) is 1. The second-order valence-corrected chi connectivity index (χ2v) is 4.94. The minimum Gasteiger partial charge on any atom is -0.487 e. The summed E-state index contributed by atoms with van der Waals surface area (Å²) in [5.74, 6) is -0.131. The van der Waals surface area contributed by atoms with E-state index < -0.39 is 22.4 Å². The van der Waals surface area contributed by atoms with E-state index >= 15 is 0 Å². The molecule has 0 saturated carbocycles. The summed E-state index contributed by atoms with van der Waals surface area (Å²) in [5.41, 5.74) is -1.40. The minimum absolute atomic E-state index is 0. The minimum atomic E-state index is -4.55. The van der Waals surface area contributed by atoms with Crippen LogP contribution in [0.2, 0.25) is 0 Å². The molecule has 124 valence electrons. The van der Waals surface area contributed by atoms with Crippen LogP contribution < -0.4 is 10.1 Å². The summed E-state index contributed by atoms with van der Waals surface area (Å²) in [5, 5.41) is 14.0. The first-order valence-corrected chi connectivity index (χ1v) is 6.57. The Labute approximate surface area is 131 Å². The van der Waals surface area contributed by atoms with E-state index in [-0.39, 0.29) is 30.7 Å². The van der Waals surface area contributed by atoms with Crippen LogP contribution in [0.5, 0.6) is 5.75 Å². The van der Waals surface area contributed by atoms with Crippen molar-refractivity contribution in [2.75, 3.05) is 19.7 Å². The van der Waals surface area contributed by atoms with E-state index in [1.54, 1.807) is 0 Å². The Bertz CT molecular complexity index is 520. The molecule has 22 heavy (non-hydrogen) atoms. The van der Waals surface area contributed by atoms with Crippen LogP contribution in [-0.2, 0) is 6.18 Å². The highest BCUT2D eigenvalue weighted by atomic mass is 35.5. The van der Waals surface area contributed by atoms with Crippen LogP contribution in [0.4, 0.5) is 18.9 Å². The van der Waals surface area contributed by atoms with E-state index in [4.69, 9.17) is 4.74 Å². The molecule has 5 nitrogen and oxygen atoms in total. The molecule has 0 radical (unpaired) electrons. The number of piperidine rings is 1. The van der Waals surface area contributed by atoms with Crippen LogP contribution in [0.15, 0.2) is 18.2 Å². The Hall–Kier alpha value is -1.54. The van der Waals surface area contributed by atoms with Crippen LogP contribution in [-0.4, -0.2) is 24.6 Å². The lowest BCUT2D eigenvalue weighted by Gasteiger charge is -2.22. The van der Waals surface area contributed by atoms with Crippen LogP contribution in [0.1, 0.15) is 18.4 Å². The van der Waals surface area contributed by atoms with Crippen molar-refractivity contribution in [2.45, 2.75) is 19.0 Å². The highest BCUT2D eigenvalue weighted by Gasteiger charge is 2.33. The lowest BCUT2D eigenvalue weighted by atomic mass is 9.99. The van der Waals surface area contributed by atoms with Gasteiger partial charge in [0.15, 0.2) is 5.75 Å². The van der Waals surface area contributed by atoms with Gasteiger partial charge in [-0.15, -0.1) is 12.4 Å². The normalized spacial score (nSPS) is 16.0. The molecule has 1 aromatic rings. The van der Waals surface area contributed by atoms with Gasteiger partial charge in [0, 0.05) is 6.07 Å². The molecule has 1 aliphatic rings. The van der Waals surface area contributed by atoms with Gasteiger partial charge in [-0.3, -0.25) is 10.1 Å². The highest BCUT2D eigenvalue weighted by Crippen LogP contribution is 2.36. The lowest BCUT2D eigenvalue weighted by Crippen LogP contribution is -2.30. The average molecular weight is 341 g/mol. The molecular formula is C13H16ClF3N2O3. The molecule has 2 rings (SSSR count). The molecule has 0 unspecified atom stereocenters. The van der Waals surface area contributed by atoms with Crippen LogP contribution in [0.25, 0.3) is 0 Å². The first kappa shape index (κ1) is 18.5. The van der Waals surface area contributed by atoms with E-state index in [9.17, 15) is 23.3 Å². The molecule has 0 amide bonds. The maximum absolute atomic E-state index is 12.7. The molecule has 1 N–H and O–H groups in total. The summed E-state index contributed by atoms with van der Waals surface area (Å²) >= 11 is 0. The van der Waals surface area contributed by atoms with Gasteiger partial charge in [-0.1, -0.05) is 0 Å². The van der Waals surface area contributed by atoms with Crippen LogP contribution >= 0.6 is 12.4 Å². The van der Waals surface area contributed by atoms with E-state index in [0.717, 1.165) is 32.0 Å². The van der Waals surface area contributed by atoms with Gasteiger partial charge in [0.1, 0.15) is 0 Å². The van der Waals surface area contributed by atoms with Gasteiger partial charge >= 0.3 is 11.9 Å². The number of hydrogen-bond acceptors (Lipinski definition) is 4. The fourth-order valence-corrected chi connectivity index (χ4v) is 2.21. The number of alkyl halides is 3. The fourth-order valence-electron chi connectivity index (χ4n) is 2.21. The van der Waals surface area contributed by atoms with Crippen LogP contribution in [0, 0.1) is 16.0 Å². The van der Waals surface area contributed by atoms with Crippen molar-refractivity contribution in [3.8, 4) is 5.75 Å². The molecule has 0 aliphatic carbocycles. The summed E-state index contributed by atoms with van der Waals surface area (Å²) in [6.45, 7) is 1.82. The zero-order chi connectivity index (χ0) is 15.5. The van der Waals surface area contributed by atoms with E-state index in [0.29, 0.717) is 12.1 Å². The van der Waals surface area contributed by atoms with Crippen molar-refractivity contribution in [2.24, 2.45) is 5.92 Å². The number of ether oxygens (including phenoxy) is 1. The van der Waals surface area contributed by atoms with Gasteiger partial charge in [0.2, 0.25) is 0 Å². The van der Waals surface area contributed by atoms with Gasteiger partial charge in [-0.25, -0.2) is 0 Å². The number of nitro benzene ring substituents is 1.